The first-order valence-corrected chi connectivity index (χ1v) is 6.69. The lowest BCUT2D eigenvalue weighted by molar-refractivity contribution is -0.215. The van der Waals surface area contributed by atoms with E-state index >= 15 is 0 Å². The molecule has 0 bridgehead atoms. The summed E-state index contributed by atoms with van der Waals surface area (Å²) in [5.41, 5.74) is -1.36. The smallest absolute Gasteiger partial charge is 0.330 e. The van der Waals surface area contributed by atoms with Gasteiger partial charge in [0, 0.05) is 6.61 Å². The lowest BCUT2D eigenvalue weighted by Crippen LogP contribution is -2.39. The number of hydrogen-bond acceptors (Lipinski definition) is 5. The third kappa shape index (κ3) is 7.90. The fourth-order valence-corrected chi connectivity index (χ4v) is 1.11. The van der Waals surface area contributed by atoms with E-state index in [4.69, 9.17) is 14.2 Å². The highest BCUT2D eigenvalue weighted by Gasteiger charge is 2.43. The Hall–Kier alpha value is -0.930. The second-order valence-electron chi connectivity index (χ2n) is 5.06. The van der Waals surface area contributed by atoms with Gasteiger partial charge in [0.25, 0.3) is 6.36 Å². The van der Waals surface area contributed by atoms with Crippen LogP contribution in [0.3, 0.4) is 0 Å². The van der Waals surface area contributed by atoms with E-state index in [1.807, 2.05) is 0 Å². The lowest BCUT2D eigenvalue weighted by Gasteiger charge is -2.25. The number of ether oxygens (including phenoxy) is 4. The number of alkyl halides is 4. The number of rotatable bonds is 12. The molecule has 0 aliphatic heterocycles. The zero-order valence-corrected chi connectivity index (χ0v) is 12.9. The van der Waals surface area contributed by atoms with Crippen LogP contribution in [0.4, 0.5) is 17.6 Å². The van der Waals surface area contributed by atoms with Crippen molar-refractivity contribution in [1.29, 1.82) is 0 Å². The standard InChI is InChI=1S/C13H22F4O5/c1-4-19-9-20-5-6-21-11(18)12(2,3)8-22-10(15)13(16,17)7-14/h10H,4-9H2,1-3H3. The summed E-state index contributed by atoms with van der Waals surface area (Å²) in [5, 5.41) is 0. The van der Waals surface area contributed by atoms with E-state index in [9.17, 15) is 22.4 Å². The maximum absolute atomic E-state index is 13.0. The lowest BCUT2D eigenvalue weighted by atomic mass is 9.95. The molecule has 0 aliphatic rings. The van der Waals surface area contributed by atoms with Crippen molar-refractivity contribution < 1.29 is 41.3 Å². The Morgan fingerprint density at radius 3 is 2.36 bits per heavy atom. The van der Waals surface area contributed by atoms with Crippen LogP contribution in [0, 0.1) is 5.41 Å². The molecule has 0 radical (unpaired) electrons. The van der Waals surface area contributed by atoms with Crippen molar-refractivity contribution in [1.82, 2.24) is 0 Å². The fourth-order valence-electron chi connectivity index (χ4n) is 1.11. The number of esters is 1. The van der Waals surface area contributed by atoms with Gasteiger partial charge in [-0.3, -0.25) is 4.79 Å². The van der Waals surface area contributed by atoms with Crippen LogP contribution in [-0.4, -0.2) is 58.1 Å². The van der Waals surface area contributed by atoms with Crippen molar-refractivity contribution in [3.63, 3.8) is 0 Å². The minimum absolute atomic E-state index is 0.0579. The van der Waals surface area contributed by atoms with E-state index in [-0.39, 0.29) is 20.0 Å². The third-order valence-corrected chi connectivity index (χ3v) is 2.48. The summed E-state index contributed by atoms with van der Waals surface area (Å²) < 4.78 is 69.2. The quantitative estimate of drug-likeness (QED) is 0.238. The average molecular weight is 334 g/mol. The van der Waals surface area contributed by atoms with Gasteiger partial charge in [0.05, 0.1) is 18.6 Å². The molecule has 1 atom stereocenters. The number of halogens is 4. The van der Waals surface area contributed by atoms with Gasteiger partial charge < -0.3 is 18.9 Å². The Labute approximate surface area is 126 Å². The van der Waals surface area contributed by atoms with Gasteiger partial charge in [0.15, 0.2) is 6.67 Å². The van der Waals surface area contributed by atoms with Crippen molar-refractivity contribution in [2.75, 3.05) is 39.9 Å². The number of carbonyl (C=O) groups is 1. The van der Waals surface area contributed by atoms with Crippen LogP contribution in [-0.2, 0) is 23.7 Å². The molecule has 0 aliphatic carbocycles. The minimum atomic E-state index is -4.24. The van der Waals surface area contributed by atoms with Crippen LogP contribution < -0.4 is 0 Å². The molecule has 22 heavy (non-hydrogen) atoms. The average Bonchev–Trinajstić information content (AvgIpc) is 2.47. The Kier molecular flexibility index (Phi) is 9.54. The van der Waals surface area contributed by atoms with Gasteiger partial charge >= 0.3 is 11.9 Å². The van der Waals surface area contributed by atoms with E-state index in [1.54, 1.807) is 6.92 Å². The highest BCUT2D eigenvalue weighted by atomic mass is 19.3. The van der Waals surface area contributed by atoms with Gasteiger partial charge in [-0.15, -0.1) is 0 Å². The summed E-state index contributed by atoms with van der Waals surface area (Å²) in [6.07, 6.45) is -3.13. The fraction of sp³-hybridized carbons (Fsp3) is 0.923. The van der Waals surface area contributed by atoms with Gasteiger partial charge in [-0.1, -0.05) is 0 Å². The predicted octanol–water partition coefficient (Wildman–Crippen LogP) is 2.48. The molecule has 0 saturated carbocycles. The van der Waals surface area contributed by atoms with Crippen LogP contribution in [0.5, 0.6) is 0 Å². The molecule has 0 amide bonds. The minimum Gasteiger partial charge on any atom is -0.463 e. The highest BCUT2D eigenvalue weighted by molar-refractivity contribution is 5.76. The van der Waals surface area contributed by atoms with Gasteiger partial charge in [-0.05, 0) is 20.8 Å². The van der Waals surface area contributed by atoms with E-state index in [2.05, 4.69) is 4.74 Å². The molecule has 0 aromatic heterocycles. The third-order valence-electron chi connectivity index (χ3n) is 2.48. The van der Waals surface area contributed by atoms with Crippen molar-refractivity contribution in [3.05, 3.63) is 0 Å². The Balaban J connectivity index is 4.07. The maximum Gasteiger partial charge on any atom is 0.330 e. The molecule has 1 unspecified atom stereocenters. The Morgan fingerprint density at radius 1 is 1.18 bits per heavy atom. The van der Waals surface area contributed by atoms with Crippen LogP contribution in [0.25, 0.3) is 0 Å². The molecule has 0 spiro atoms. The SMILES string of the molecule is CCOCOCCOC(=O)C(C)(C)COC(F)C(F)(F)CF. The predicted molar refractivity (Wildman–Crippen MR) is 69.0 cm³/mol. The monoisotopic (exact) mass is 334 g/mol. The molecule has 0 saturated heterocycles. The number of hydrogen-bond donors (Lipinski definition) is 0. The molecule has 0 aromatic rings. The molecule has 0 rings (SSSR count). The van der Waals surface area contributed by atoms with Gasteiger partial charge in [0.1, 0.15) is 13.4 Å². The summed E-state index contributed by atoms with van der Waals surface area (Å²) in [4.78, 5) is 11.7. The molecular weight excluding hydrogens is 312 g/mol. The largest absolute Gasteiger partial charge is 0.463 e. The van der Waals surface area contributed by atoms with Crippen LogP contribution >= 0.6 is 0 Å². The zero-order chi connectivity index (χ0) is 17.2. The second-order valence-corrected chi connectivity index (χ2v) is 5.06. The molecule has 132 valence electrons. The van der Waals surface area contributed by atoms with E-state index in [1.165, 1.54) is 13.8 Å². The first kappa shape index (κ1) is 21.1. The highest BCUT2D eigenvalue weighted by Crippen LogP contribution is 2.26. The molecule has 0 N–H and O–H groups in total. The first-order valence-electron chi connectivity index (χ1n) is 6.69. The van der Waals surface area contributed by atoms with Crippen molar-refractivity contribution in [2.45, 2.75) is 33.1 Å². The van der Waals surface area contributed by atoms with Crippen molar-refractivity contribution in [2.24, 2.45) is 5.41 Å². The van der Waals surface area contributed by atoms with Crippen LogP contribution in [0.1, 0.15) is 20.8 Å². The maximum atomic E-state index is 13.0. The van der Waals surface area contributed by atoms with Crippen LogP contribution in [0.2, 0.25) is 0 Å². The van der Waals surface area contributed by atoms with E-state index < -0.39 is 36.9 Å². The van der Waals surface area contributed by atoms with Crippen molar-refractivity contribution in [3.8, 4) is 0 Å². The molecule has 5 nitrogen and oxygen atoms in total. The summed E-state index contributed by atoms with van der Waals surface area (Å²) in [6.45, 7) is 2.15. The molecule has 0 heterocycles. The summed E-state index contributed by atoms with van der Waals surface area (Å²) >= 11 is 0. The van der Waals surface area contributed by atoms with Gasteiger partial charge in [0.2, 0.25) is 0 Å². The second kappa shape index (κ2) is 9.96. The Morgan fingerprint density at radius 2 is 1.82 bits per heavy atom. The normalized spacial score (nSPS) is 14.0. The number of carbonyl (C=O) groups excluding carboxylic acids is 1. The summed E-state index contributed by atoms with van der Waals surface area (Å²) in [6, 6.07) is 0. The molecular formula is C13H22F4O5. The first-order chi connectivity index (χ1) is 10.2. The molecule has 9 heteroatoms. The zero-order valence-electron chi connectivity index (χ0n) is 12.9. The van der Waals surface area contributed by atoms with E-state index in [0.717, 1.165) is 0 Å². The van der Waals surface area contributed by atoms with E-state index in [0.29, 0.717) is 6.61 Å². The topological polar surface area (TPSA) is 54.0 Å². The molecule has 0 aromatic carbocycles. The Bertz CT molecular complexity index is 326. The van der Waals surface area contributed by atoms with Gasteiger partial charge in [-0.25, -0.2) is 8.78 Å². The summed E-state index contributed by atoms with van der Waals surface area (Å²) in [5.74, 6) is -5.02. The van der Waals surface area contributed by atoms with Gasteiger partial charge in [-0.2, -0.15) is 8.78 Å². The van der Waals surface area contributed by atoms with Crippen molar-refractivity contribution >= 4 is 5.97 Å². The summed E-state index contributed by atoms with van der Waals surface area (Å²) in [7, 11) is 0. The molecule has 0 fully saturated rings. The van der Waals surface area contributed by atoms with Crippen LogP contribution in [0.15, 0.2) is 0 Å².